The van der Waals surface area contributed by atoms with Gasteiger partial charge < -0.3 is 9.84 Å². The number of aliphatic hydroxyl groups excluding tert-OH is 1. The molecule has 1 N–H and O–H groups in total. The highest BCUT2D eigenvalue weighted by molar-refractivity contribution is 5.43. The van der Waals surface area contributed by atoms with Gasteiger partial charge in [0.15, 0.2) is 0 Å². The largest absolute Gasteiger partial charge is 0.496 e. The molecular weight excluding hydrogens is 224 g/mol. The average Bonchev–Trinajstić information content (AvgIpc) is 2.38. The summed E-state index contributed by atoms with van der Waals surface area (Å²) in [6, 6.07) is 13.6. The second kappa shape index (κ2) is 5.23. The van der Waals surface area contributed by atoms with Crippen molar-refractivity contribution in [2.24, 2.45) is 0 Å². The van der Waals surface area contributed by atoms with Crippen LogP contribution < -0.4 is 4.74 Å². The molecule has 2 heteroatoms. The summed E-state index contributed by atoms with van der Waals surface area (Å²) in [5.41, 5.74) is 4.01. The molecule has 0 aromatic heterocycles. The fourth-order valence-corrected chi connectivity index (χ4v) is 2.19. The predicted octanol–water partition coefficient (Wildman–Crippen LogP) is 3.39. The van der Waals surface area contributed by atoms with Crippen LogP contribution in [-0.4, -0.2) is 12.2 Å². The first-order chi connectivity index (χ1) is 8.63. The van der Waals surface area contributed by atoms with Crippen LogP contribution in [-0.2, 0) is 0 Å². The minimum absolute atomic E-state index is 0.651. The molecule has 2 aromatic rings. The molecule has 0 amide bonds. The summed E-state index contributed by atoms with van der Waals surface area (Å²) in [4.78, 5) is 0. The summed E-state index contributed by atoms with van der Waals surface area (Å²) in [5, 5.41) is 10.5. The zero-order valence-electron chi connectivity index (χ0n) is 11.0. The minimum atomic E-state index is -0.651. The van der Waals surface area contributed by atoms with Gasteiger partial charge in [-0.05, 0) is 31.0 Å². The number of aliphatic hydroxyl groups is 1. The van der Waals surface area contributed by atoms with Crippen molar-refractivity contribution in [3.63, 3.8) is 0 Å². The Balaban J connectivity index is 2.44. The first-order valence-electron chi connectivity index (χ1n) is 6.01. The molecule has 0 radical (unpaired) electrons. The van der Waals surface area contributed by atoms with Crippen LogP contribution in [0.4, 0.5) is 0 Å². The molecule has 0 aliphatic carbocycles. The van der Waals surface area contributed by atoms with Crippen molar-refractivity contribution in [2.75, 3.05) is 7.11 Å². The molecule has 94 valence electrons. The number of methoxy groups -OCH3 is 1. The van der Waals surface area contributed by atoms with E-state index in [2.05, 4.69) is 6.07 Å². The molecule has 2 aromatic carbocycles. The van der Waals surface area contributed by atoms with Gasteiger partial charge in [-0.15, -0.1) is 0 Å². The fraction of sp³-hybridized carbons (Fsp3) is 0.250. The Kier molecular flexibility index (Phi) is 3.68. The first-order valence-corrected chi connectivity index (χ1v) is 6.01. The zero-order chi connectivity index (χ0) is 13.1. The van der Waals surface area contributed by atoms with E-state index in [0.717, 1.165) is 16.7 Å². The Bertz CT molecular complexity index is 547. The van der Waals surface area contributed by atoms with Crippen molar-refractivity contribution in [3.05, 3.63) is 64.7 Å². The number of para-hydroxylation sites is 1. The molecule has 0 saturated heterocycles. The lowest BCUT2D eigenvalue weighted by molar-refractivity contribution is 0.214. The molecule has 1 atom stereocenters. The van der Waals surface area contributed by atoms with E-state index < -0.39 is 6.10 Å². The van der Waals surface area contributed by atoms with Crippen LogP contribution in [0.1, 0.15) is 28.4 Å². The van der Waals surface area contributed by atoms with Gasteiger partial charge in [0.25, 0.3) is 0 Å². The molecule has 0 fully saturated rings. The lowest BCUT2D eigenvalue weighted by Crippen LogP contribution is -2.04. The van der Waals surface area contributed by atoms with Crippen molar-refractivity contribution in [1.29, 1.82) is 0 Å². The summed E-state index contributed by atoms with van der Waals surface area (Å²) < 4.78 is 5.29. The van der Waals surface area contributed by atoms with Gasteiger partial charge in [0.2, 0.25) is 0 Å². The summed E-state index contributed by atoms with van der Waals surface area (Å²) in [5.74, 6) is 0.713. The minimum Gasteiger partial charge on any atom is -0.496 e. The quantitative estimate of drug-likeness (QED) is 0.894. The molecule has 1 unspecified atom stereocenters. The highest BCUT2D eigenvalue weighted by Gasteiger charge is 2.16. The second-order valence-electron chi connectivity index (χ2n) is 4.50. The van der Waals surface area contributed by atoms with Crippen LogP contribution in [0.3, 0.4) is 0 Å². The summed E-state index contributed by atoms with van der Waals surface area (Å²) in [7, 11) is 1.62. The Morgan fingerprint density at radius 1 is 1.00 bits per heavy atom. The van der Waals surface area contributed by atoms with Crippen molar-refractivity contribution in [3.8, 4) is 5.75 Å². The van der Waals surface area contributed by atoms with Crippen LogP contribution in [0.2, 0.25) is 0 Å². The van der Waals surface area contributed by atoms with Crippen LogP contribution in [0, 0.1) is 13.8 Å². The van der Waals surface area contributed by atoms with E-state index in [4.69, 9.17) is 4.74 Å². The Morgan fingerprint density at radius 2 is 1.72 bits per heavy atom. The van der Waals surface area contributed by atoms with Gasteiger partial charge in [0, 0.05) is 5.56 Å². The number of hydrogen-bond donors (Lipinski definition) is 1. The van der Waals surface area contributed by atoms with Crippen LogP contribution in [0.15, 0.2) is 42.5 Å². The predicted molar refractivity (Wildman–Crippen MR) is 73.0 cm³/mol. The third kappa shape index (κ3) is 2.39. The van der Waals surface area contributed by atoms with Crippen molar-refractivity contribution >= 4 is 0 Å². The van der Waals surface area contributed by atoms with Gasteiger partial charge in [-0.2, -0.15) is 0 Å². The maximum absolute atomic E-state index is 10.5. The van der Waals surface area contributed by atoms with Gasteiger partial charge in [-0.25, -0.2) is 0 Å². The third-order valence-electron chi connectivity index (χ3n) is 3.15. The molecule has 0 aliphatic rings. The van der Waals surface area contributed by atoms with E-state index in [1.165, 1.54) is 5.56 Å². The summed E-state index contributed by atoms with van der Waals surface area (Å²) >= 11 is 0. The topological polar surface area (TPSA) is 29.5 Å². The van der Waals surface area contributed by atoms with Crippen molar-refractivity contribution in [2.45, 2.75) is 20.0 Å². The number of aryl methyl sites for hydroxylation is 2. The summed E-state index contributed by atoms with van der Waals surface area (Å²) in [6.07, 6.45) is -0.651. The Labute approximate surface area is 108 Å². The highest BCUT2D eigenvalue weighted by atomic mass is 16.5. The number of rotatable bonds is 3. The van der Waals surface area contributed by atoms with Gasteiger partial charge >= 0.3 is 0 Å². The van der Waals surface area contributed by atoms with Gasteiger partial charge in [-0.3, -0.25) is 0 Å². The maximum Gasteiger partial charge on any atom is 0.125 e. The normalized spacial score (nSPS) is 12.2. The third-order valence-corrected chi connectivity index (χ3v) is 3.15. The number of hydrogen-bond acceptors (Lipinski definition) is 2. The molecular formula is C16H18O2. The van der Waals surface area contributed by atoms with Gasteiger partial charge in [-0.1, -0.05) is 42.0 Å². The van der Waals surface area contributed by atoms with Gasteiger partial charge in [0.1, 0.15) is 11.9 Å². The first kappa shape index (κ1) is 12.7. The Morgan fingerprint density at radius 3 is 2.39 bits per heavy atom. The molecule has 0 saturated carbocycles. The van der Waals surface area contributed by atoms with E-state index in [9.17, 15) is 5.11 Å². The van der Waals surface area contributed by atoms with E-state index in [-0.39, 0.29) is 0 Å². The zero-order valence-corrected chi connectivity index (χ0v) is 11.0. The van der Waals surface area contributed by atoms with E-state index in [1.807, 2.05) is 50.2 Å². The van der Waals surface area contributed by atoms with E-state index >= 15 is 0 Å². The number of ether oxygens (including phenoxy) is 1. The lowest BCUT2D eigenvalue weighted by atomic mass is 9.95. The average molecular weight is 242 g/mol. The number of benzene rings is 2. The van der Waals surface area contributed by atoms with Crippen LogP contribution in [0.5, 0.6) is 5.75 Å². The molecule has 0 spiro atoms. The highest BCUT2D eigenvalue weighted by Crippen LogP contribution is 2.31. The SMILES string of the molecule is COc1ccccc1C(O)c1ccc(C)cc1C. The molecule has 0 aliphatic heterocycles. The van der Waals surface area contributed by atoms with E-state index in [0.29, 0.717) is 5.75 Å². The molecule has 2 rings (SSSR count). The maximum atomic E-state index is 10.5. The summed E-state index contributed by atoms with van der Waals surface area (Å²) in [6.45, 7) is 4.06. The van der Waals surface area contributed by atoms with E-state index in [1.54, 1.807) is 7.11 Å². The van der Waals surface area contributed by atoms with Crippen LogP contribution >= 0.6 is 0 Å². The smallest absolute Gasteiger partial charge is 0.125 e. The van der Waals surface area contributed by atoms with Crippen molar-refractivity contribution < 1.29 is 9.84 Å². The standard InChI is InChI=1S/C16H18O2/c1-11-8-9-13(12(2)10-11)16(17)14-6-4-5-7-15(14)18-3/h4-10,16-17H,1-3H3. The fourth-order valence-electron chi connectivity index (χ4n) is 2.19. The van der Waals surface area contributed by atoms with Crippen molar-refractivity contribution in [1.82, 2.24) is 0 Å². The monoisotopic (exact) mass is 242 g/mol. The molecule has 2 nitrogen and oxygen atoms in total. The second-order valence-corrected chi connectivity index (χ2v) is 4.50. The van der Waals surface area contributed by atoms with Crippen LogP contribution in [0.25, 0.3) is 0 Å². The van der Waals surface area contributed by atoms with Gasteiger partial charge in [0.05, 0.1) is 7.11 Å². The molecule has 0 bridgehead atoms. The molecule has 18 heavy (non-hydrogen) atoms. The Hall–Kier alpha value is -1.80. The lowest BCUT2D eigenvalue weighted by Gasteiger charge is -2.17. The molecule has 0 heterocycles.